The molecule has 1 amide bonds. The van der Waals surface area contributed by atoms with E-state index in [1.807, 2.05) is 30.3 Å². The van der Waals surface area contributed by atoms with Gasteiger partial charge in [0.25, 0.3) is 0 Å². The second kappa shape index (κ2) is 8.37. The number of benzene rings is 1. The molecular weight excluding hydrogens is 366 g/mol. The summed E-state index contributed by atoms with van der Waals surface area (Å²) in [6, 6.07) is 13.3. The lowest BCUT2D eigenvalue weighted by molar-refractivity contribution is -0.116. The van der Waals surface area contributed by atoms with Gasteiger partial charge in [0.15, 0.2) is 5.65 Å². The molecule has 1 fully saturated rings. The molecule has 3 aromatic rings. The van der Waals surface area contributed by atoms with Gasteiger partial charge in [0.2, 0.25) is 5.91 Å². The fourth-order valence-corrected chi connectivity index (χ4v) is 3.36. The van der Waals surface area contributed by atoms with Gasteiger partial charge in [0.1, 0.15) is 0 Å². The van der Waals surface area contributed by atoms with Gasteiger partial charge in [-0.15, -0.1) is 17.5 Å². The van der Waals surface area contributed by atoms with Crippen LogP contribution < -0.4 is 16.3 Å². The molecule has 1 unspecified atom stereocenters. The Morgan fingerprint density at radius 1 is 1.26 bits per heavy atom. The zero-order chi connectivity index (χ0) is 17.9. The molecule has 0 aliphatic carbocycles. The van der Waals surface area contributed by atoms with Gasteiger partial charge >= 0.3 is 5.69 Å². The van der Waals surface area contributed by atoms with E-state index in [1.54, 1.807) is 18.3 Å². The van der Waals surface area contributed by atoms with Crippen LogP contribution in [-0.4, -0.2) is 32.7 Å². The second-order valence-electron chi connectivity index (χ2n) is 6.62. The highest BCUT2D eigenvalue weighted by Crippen LogP contribution is 2.14. The number of carbonyl (C=O) groups excluding carboxylic acids is 1. The van der Waals surface area contributed by atoms with Crippen molar-refractivity contribution in [3.05, 3.63) is 64.7 Å². The van der Waals surface area contributed by atoms with E-state index in [9.17, 15) is 9.59 Å². The van der Waals surface area contributed by atoms with Crippen LogP contribution in [0.3, 0.4) is 0 Å². The highest BCUT2D eigenvalue weighted by Gasteiger charge is 2.17. The van der Waals surface area contributed by atoms with Crippen molar-refractivity contribution in [2.45, 2.75) is 31.8 Å². The highest BCUT2D eigenvalue weighted by atomic mass is 35.5. The van der Waals surface area contributed by atoms with Crippen LogP contribution in [-0.2, 0) is 11.3 Å². The smallest absolute Gasteiger partial charge is 0.326 e. The first kappa shape index (κ1) is 19.1. The fourth-order valence-electron chi connectivity index (χ4n) is 3.36. The van der Waals surface area contributed by atoms with E-state index in [1.165, 1.54) is 9.08 Å². The maximum absolute atomic E-state index is 12.4. The predicted octanol–water partition coefficient (Wildman–Crippen LogP) is 2.05. The normalized spacial score (nSPS) is 16.2. The standard InChI is InChI=1S/C19H21N5O2.ClH/c25-18(12-15-7-4-9-20-15)21-16-6-3-5-14(11-16)13-24-19(26)23-10-2-1-8-17(23)22-24;/h1-3,5-6,8,10-11,15,20H,4,7,9,12-13H2,(H,21,25);1H. The molecule has 8 heteroatoms. The van der Waals surface area contributed by atoms with Crippen LogP contribution in [0.5, 0.6) is 0 Å². The number of nitrogens with one attached hydrogen (secondary N) is 2. The summed E-state index contributed by atoms with van der Waals surface area (Å²) in [5, 5.41) is 10.6. The van der Waals surface area contributed by atoms with Crippen LogP contribution in [0.25, 0.3) is 5.65 Å². The van der Waals surface area contributed by atoms with Gasteiger partial charge in [-0.05, 0) is 49.2 Å². The molecule has 1 aromatic carbocycles. The SMILES string of the molecule is Cl.O=C(CC1CCCN1)Nc1cccc(Cn2nc3ccccn3c2=O)c1. The van der Waals surface area contributed by atoms with Gasteiger partial charge < -0.3 is 10.6 Å². The van der Waals surface area contributed by atoms with Crippen molar-refractivity contribution in [2.75, 3.05) is 11.9 Å². The number of rotatable bonds is 5. The molecule has 1 atom stereocenters. The summed E-state index contributed by atoms with van der Waals surface area (Å²) in [5.41, 5.74) is 2.09. The summed E-state index contributed by atoms with van der Waals surface area (Å²) in [4.78, 5) is 24.6. The van der Waals surface area contributed by atoms with E-state index < -0.39 is 0 Å². The molecule has 0 saturated carbocycles. The minimum absolute atomic E-state index is 0. The Bertz CT molecular complexity index is 991. The number of hydrogen-bond donors (Lipinski definition) is 2. The predicted molar refractivity (Wildman–Crippen MR) is 107 cm³/mol. The summed E-state index contributed by atoms with van der Waals surface area (Å²) < 4.78 is 2.94. The lowest BCUT2D eigenvalue weighted by Gasteiger charge is -2.11. The van der Waals surface area contributed by atoms with Crippen molar-refractivity contribution in [1.29, 1.82) is 0 Å². The van der Waals surface area contributed by atoms with Gasteiger partial charge in [-0.25, -0.2) is 9.48 Å². The van der Waals surface area contributed by atoms with E-state index >= 15 is 0 Å². The topological polar surface area (TPSA) is 80.4 Å². The van der Waals surface area contributed by atoms with Gasteiger partial charge in [-0.1, -0.05) is 18.2 Å². The largest absolute Gasteiger partial charge is 0.350 e. The van der Waals surface area contributed by atoms with E-state index in [0.717, 1.165) is 30.6 Å². The number of amides is 1. The Kier molecular flexibility index (Phi) is 5.93. The number of aromatic nitrogens is 3. The Hall–Kier alpha value is -2.64. The maximum Gasteiger partial charge on any atom is 0.350 e. The molecule has 4 rings (SSSR count). The van der Waals surface area contributed by atoms with E-state index in [-0.39, 0.29) is 30.0 Å². The van der Waals surface area contributed by atoms with Crippen LogP contribution in [0.2, 0.25) is 0 Å². The van der Waals surface area contributed by atoms with Crippen LogP contribution in [0, 0.1) is 0 Å². The highest BCUT2D eigenvalue weighted by molar-refractivity contribution is 5.91. The molecule has 1 aliphatic rings. The first-order chi connectivity index (χ1) is 12.7. The number of carbonyl (C=O) groups is 1. The average molecular weight is 388 g/mol. The zero-order valence-electron chi connectivity index (χ0n) is 14.8. The molecule has 2 aromatic heterocycles. The minimum atomic E-state index is -0.178. The molecule has 2 N–H and O–H groups in total. The molecule has 0 radical (unpaired) electrons. The lowest BCUT2D eigenvalue weighted by atomic mass is 10.1. The molecule has 1 aliphatic heterocycles. The van der Waals surface area contributed by atoms with E-state index in [2.05, 4.69) is 15.7 Å². The Morgan fingerprint density at radius 2 is 2.15 bits per heavy atom. The van der Waals surface area contributed by atoms with Crippen molar-refractivity contribution >= 4 is 29.6 Å². The number of anilines is 1. The summed E-state index contributed by atoms with van der Waals surface area (Å²) >= 11 is 0. The molecule has 27 heavy (non-hydrogen) atoms. The monoisotopic (exact) mass is 387 g/mol. The second-order valence-corrected chi connectivity index (χ2v) is 6.62. The van der Waals surface area contributed by atoms with E-state index in [4.69, 9.17) is 0 Å². The number of fused-ring (bicyclic) bond motifs is 1. The van der Waals surface area contributed by atoms with Gasteiger partial charge in [-0.2, -0.15) is 0 Å². The van der Waals surface area contributed by atoms with Crippen molar-refractivity contribution < 1.29 is 4.79 Å². The van der Waals surface area contributed by atoms with Crippen LogP contribution in [0.4, 0.5) is 5.69 Å². The average Bonchev–Trinajstić information content (AvgIpc) is 3.24. The van der Waals surface area contributed by atoms with Crippen molar-refractivity contribution in [3.8, 4) is 0 Å². The molecule has 142 valence electrons. The first-order valence-corrected chi connectivity index (χ1v) is 8.85. The van der Waals surface area contributed by atoms with E-state index in [0.29, 0.717) is 18.6 Å². The number of pyridine rings is 1. The minimum Gasteiger partial charge on any atom is -0.326 e. The number of halogens is 1. The van der Waals surface area contributed by atoms with Crippen LogP contribution >= 0.6 is 12.4 Å². The quantitative estimate of drug-likeness (QED) is 0.702. The summed E-state index contributed by atoms with van der Waals surface area (Å²) in [7, 11) is 0. The van der Waals surface area contributed by atoms with Gasteiger partial charge in [-0.3, -0.25) is 9.20 Å². The third-order valence-electron chi connectivity index (χ3n) is 4.63. The lowest BCUT2D eigenvalue weighted by Crippen LogP contribution is -2.27. The molecule has 0 spiro atoms. The Balaban J connectivity index is 0.00000210. The van der Waals surface area contributed by atoms with Gasteiger partial charge in [0, 0.05) is 24.3 Å². The molecular formula is C19H22ClN5O2. The van der Waals surface area contributed by atoms with Crippen molar-refractivity contribution in [1.82, 2.24) is 19.5 Å². The summed E-state index contributed by atoms with van der Waals surface area (Å²) in [5.74, 6) is 0.00597. The number of hydrogen-bond acceptors (Lipinski definition) is 4. The molecule has 3 heterocycles. The van der Waals surface area contributed by atoms with Crippen molar-refractivity contribution in [2.24, 2.45) is 0 Å². The third-order valence-corrected chi connectivity index (χ3v) is 4.63. The summed E-state index contributed by atoms with van der Waals surface area (Å²) in [6.07, 6.45) is 4.36. The van der Waals surface area contributed by atoms with Crippen molar-refractivity contribution in [3.63, 3.8) is 0 Å². The molecule has 7 nitrogen and oxygen atoms in total. The van der Waals surface area contributed by atoms with Crippen LogP contribution in [0.1, 0.15) is 24.8 Å². The first-order valence-electron chi connectivity index (χ1n) is 8.85. The zero-order valence-corrected chi connectivity index (χ0v) is 15.6. The molecule has 0 bridgehead atoms. The number of nitrogens with zero attached hydrogens (tertiary/aromatic N) is 3. The fraction of sp³-hybridized carbons (Fsp3) is 0.316. The maximum atomic E-state index is 12.4. The molecule has 1 saturated heterocycles. The Morgan fingerprint density at radius 3 is 2.93 bits per heavy atom. The third kappa shape index (κ3) is 4.37. The van der Waals surface area contributed by atoms with Crippen LogP contribution in [0.15, 0.2) is 53.5 Å². The Labute approximate surface area is 162 Å². The van der Waals surface area contributed by atoms with Gasteiger partial charge in [0.05, 0.1) is 6.54 Å². The summed E-state index contributed by atoms with van der Waals surface area (Å²) in [6.45, 7) is 1.34.